The Hall–Kier alpha value is 0.0200. The predicted molar refractivity (Wildman–Crippen MR) is 36.2 cm³/mol. The van der Waals surface area contributed by atoms with Gasteiger partial charge in [0.05, 0.1) is 0 Å². The van der Waals surface area contributed by atoms with Gasteiger partial charge in [-0.15, -0.1) is 0 Å². The summed E-state index contributed by atoms with van der Waals surface area (Å²) in [6, 6.07) is 0. The lowest BCUT2D eigenvalue weighted by Gasteiger charge is -2.26. The number of ketones is 1. The van der Waals surface area contributed by atoms with E-state index in [2.05, 4.69) is 12.6 Å². The van der Waals surface area contributed by atoms with E-state index in [0.717, 1.165) is 12.8 Å². The van der Waals surface area contributed by atoms with Gasteiger partial charge in [0.15, 0.2) is 0 Å². The molecular weight excluding hydrogens is 120 g/mol. The average molecular weight is 130 g/mol. The first-order chi connectivity index (χ1) is 3.70. The van der Waals surface area contributed by atoms with Crippen molar-refractivity contribution in [2.24, 2.45) is 5.92 Å². The minimum atomic E-state index is 0.399. The maximum atomic E-state index is 10.4. The smallest absolute Gasteiger partial charge is 0.133 e. The molecule has 2 heteroatoms. The van der Waals surface area contributed by atoms with Crippen LogP contribution < -0.4 is 0 Å². The zero-order valence-corrected chi connectivity index (χ0v) is 5.82. The van der Waals surface area contributed by atoms with Crippen LogP contribution in [0.1, 0.15) is 19.8 Å². The van der Waals surface area contributed by atoms with Gasteiger partial charge in [-0.25, -0.2) is 0 Å². The number of thiol groups is 1. The first kappa shape index (κ1) is 6.14. The normalized spacial score (nSPS) is 25.0. The van der Waals surface area contributed by atoms with Gasteiger partial charge in [0.25, 0.3) is 0 Å². The summed E-state index contributed by atoms with van der Waals surface area (Å²) in [5.74, 6) is 0.974. The van der Waals surface area contributed by atoms with Crippen molar-refractivity contribution in [1.82, 2.24) is 0 Å². The van der Waals surface area contributed by atoms with Crippen molar-refractivity contribution in [3.05, 3.63) is 0 Å². The second-order valence-electron chi connectivity index (χ2n) is 2.45. The molecule has 1 aliphatic carbocycles. The Balaban J connectivity index is 2.25. The Morgan fingerprint density at radius 2 is 2.25 bits per heavy atom. The van der Waals surface area contributed by atoms with E-state index in [1.165, 1.54) is 0 Å². The molecule has 46 valence electrons. The van der Waals surface area contributed by atoms with E-state index in [-0.39, 0.29) is 0 Å². The molecule has 0 bridgehead atoms. The fraction of sp³-hybridized carbons (Fsp3) is 0.833. The molecule has 0 saturated heterocycles. The third-order valence-corrected chi connectivity index (χ3v) is 2.08. The average Bonchev–Trinajstić information content (AvgIpc) is 1.57. The topological polar surface area (TPSA) is 17.1 Å². The highest BCUT2D eigenvalue weighted by Gasteiger charge is 2.28. The summed E-state index contributed by atoms with van der Waals surface area (Å²) in [6.07, 6.45) is 1.54. The second-order valence-corrected chi connectivity index (χ2v) is 3.26. The molecule has 8 heavy (non-hydrogen) atoms. The van der Waals surface area contributed by atoms with E-state index in [4.69, 9.17) is 0 Å². The highest BCUT2D eigenvalue weighted by Crippen LogP contribution is 2.28. The van der Waals surface area contributed by atoms with Crippen molar-refractivity contribution in [1.29, 1.82) is 0 Å². The van der Waals surface area contributed by atoms with Gasteiger partial charge in [-0.2, -0.15) is 12.6 Å². The Bertz CT molecular complexity index is 101. The summed E-state index contributed by atoms with van der Waals surface area (Å²) < 4.78 is 0. The van der Waals surface area contributed by atoms with Gasteiger partial charge in [0.2, 0.25) is 0 Å². The van der Waals surface area contributed by atoms with Gasteiger partial charge >= 0.3 is 0 Å². The third kappa shape index (κ3) is 1.05. The molecule has 0 aromatic heterocycles. The highest BCUT2D eigenvalue weighted by molar-refractivity contribution is 7.80. The van der Waals surface area contributed by atoms with Crippen LogP contribution in [0.15, 0.2) is 0 Å². The van der Waals surface area contributed by atoms with Crippen molar-refractivity contribution in [2.45, 2.75) is 25.0 Å². The van der Waals surface area contributed by atoms with Crippen LogP contribution in [0, 0.1) is 5.92 Å². The zero-order chi connectivity index (χ0) is 6.15. The number of carbonyl (C=O) groups excluding carboxylic acids is 1. The van der Waals surface area contributed by atoms with Crippen molar-refractivity contribution >= 4 is 18.4 Å². The van der Waals surface area contributed by atoms with Crippen LogP contribution >= 0.6 is 12.6 Å². The minimum absolute atomic E-state index is 0.399. The van der Waals surface area contributed by atoms with E-state index < -0.39 is 0 Å². The molecule has 0 N–H and O–H groups in total. The molecule has 0 spiro atoms. The summed E-state index contributed by atoms with van der Waals surface area (Å²) in [4.78, 5) is 10.4. The number of Topliss-reactive ketones (excluding diaryl/α,β-unsaturated/α-hetero) is 1. The molecule has 0 aromatic rings. The molecule has 0 heterocycles. The van der Waals surface area contributed by atoms with Gasteiger partial charge in [-0.3, -0.25) is 4.79 Å². The van der Waals surface area contributed by atoms with Crippen LogP contribution in [-0.4, -0.2) is 11.0 Å². The van der Waals surface area contributed by atoms with Crippen LogP contribution in [-0.2, 0) is 4.79 Å². The fourth-order valence-electron chi connectivity index (χ4n) is 0.866. The summed E-state index contributed by atoms with van der Waals surface area (Å²) in [5.41, 5.74) is 0. The zero-order valence-electron chi connectivity index (χ0n) is 4.92. The fourth-order valence-corrected chi connectivity index (χ4v) is 1.08. The number of carbonyl (C=O) groups is 1. The maximum absolute atomic E-state index is 10.4. The van der Waals surface area contributed by atoms with Crippen LogP contribution in [0.3, 0.4) is 0 Å². The lowest BCUT2D eigenvalue weighted by Crippen LogP contribution is -2.29. The number of hydrogen-bond donors (Lipinski definition) is 1. The molecule has 0 radical (unpaired) electrons. The molecule has 1 aliphatic rings. The van der Waals surface area contributed by atoms with E-state index in [0.29, 0.717) is 17.0 Å². The van der Waals surface area contributed by atoms with Gasteiger partial charge in [0, 0.05) is 18.1 Å². The van der Waals surface area contributed by atoms with Crippen molar-refractivity contribution in [2.75, 3.05) is 0 Å². The second kappa shape index (κ2) is 2.09. The van der Waals surface area contributed by atoms with Gasteiger partial charge < -0.3 is 0 Å². The van der Waals surface area contributed by atoms with Crippen LogP contribution in [0.25, 0.3) is 0 Å². The quantitative estimate of drug-likeness (QED) is 0.529. The predicted octanol–water partition coefficient (Wildman–Crippen LogP) is 1.28. The molecule has 0 aliphatic heterocycles. The largest absolute Gasteiger partial charge is 0.300 e. The Kier molecular flexibility index (Phi) is 1.61. The lowest BCUT2D eigenvalue weighted by molar-refractivity contribution is -0.126. The van der Waals surface area contributed by atoms with Gasteiger partial charge in [-0.1, -0.05) is 6.92 Å². The molecular formula is C6H10OS. The summed E-state index contributed by atoms with van der Waals surface area (Å²) in [5, 5.41) is 0.410. The van der Waals surface area contributed by atoms with Crippen molar-refractivity contribution < 1.29 is 4.79 Å². The molecule has 1 nitrogen and oxygen atoms in total. The van der Waals surface area contributed by atoms with Gasteiger partial charge in [0.1, 0.15) is 5.78 Å². The molecule has 0 amide bonds. The number of hydrogen-bond acceptors (Lipinski definition) is 2. The Morgan fingerprint density at radius 1 is 1.75 bits per heavy atom. The lowest BCUT2D eigenvalue weighted by atomic mass is 9.82. The molecule has 1 fully saturated rings. The summed E-state index contributed by atoms with van der Waals surface area (Å²) >= 11 is 4.21. The van der Waals surface area contributed by atoms with Crippen molar-refractivity contribution in [3.8, 4) is 0 Å². The third-order valence-electron chi connectivity index (χ3n) is 1.66. The van der Waals surface area contributed by atoms with E-state index >= 15 is 0 Å². The maximum Gasteiger partial charge on any atom is 0.133 e. The standard InChI is InChI=1S/C6H10OS/c1-4(8)5-2-6(7)3-5/h4-5,8H,2-3H2,1H3. The summed E-state index contributed by atoms with van der Waals surface area (Å²) in [6.45, 7) is 2.04. The molecule has 1 atom stereocenters. The first-order valence-corrected chi connectivity index (χ1v) is 3.41. The van der Waals surface area contributed by atoms with E-state index in [9.17, 15) is 4.79 Å². The summed E-state index contributed by atoms with van der Waals surface area (Å²) in [7, 11) is 0. The number of rotatable bonds is 1. The van der Waals surface area contributed by atoms with Crippen LogP contribution in [0.4, 0.5) is 0 Å². The van der Waals surface area contributed by atoms with E-state index in [1.807, 2.05) is 6.92 Å². The highest BCUT2D eigenvalue weighted by atomic mass is 32.1. The monoisotopic (exact) mass is 130 g/mol. The van der Waals surface area contributed by atoms with E-state index in [1.54, 1.807) is 0 Å². The van der Waals surface area contributed by atoms with Gasteiger partial charge in [-0.05, 0) is 5.92 Å². The molecule has 1 rings (SSSR count). The SMILES string of the molecule is CC(S)C1CC(=O)C1. The molecule has 1 saturated carbocycles. The van der Waals surface area contributed by atoms with Crippen molar-refractivity contribution in [3.63, 3.8) is 0 Å². The van der Waals surface area contributed by atoms with Crippen LogP contribution in [0.5, 0.6) is 0 Å². The Labute approximate surface area is 54.9 Å². The molecule has 0 aromatic carbocycles. The minimum Gasteiger partial charge on any atom is -0.300 e. The molecule has 1 unspecified atom stereocenters. The Morgan fingerprint density at radius 3 is 2.38 bits per heavy atom. The van der Waals surface area contributed by atoms with Crippen LogP contribution in [0.2, 0.25) is 0 Å². The first-order valence-electron chi connectivity index (χ1n) is 2.90.